The molecule has 6 nitrogen and oxygen atoms in total. The van der Waals surface area contributed by atoms with Crippen molar-refractivity contribution in [2.45, 2.75) is 34.6 Å². The summed E-state index contributed by atoms with van der Waals surface area (Å²) in [6.07, 6.45) is 0. The van der Waals surface area contributed by atoms with E-state index in [0.717, 1.165) is 56.5 Å². The van der Waals surface area contributed by atoms with E-state index in [2.05, 4.69) is 40.4 Å². The summed E-state index contributed by atoms with van der Waals surface area (Å²) >= 11 is 6.56. The van der Waals surface area contributed by atoms with E-state index >= 15 is 0 Å². The van der Waals surface area contributed by atoms with E-state index in [1.807, 2.05) is 56.3 Å². The van der Waals surface area contributed by atoms with Gasteiger partial charge in [0.05, 0.1) is 35.8 Å². The molecule has 0 amide bonds. The molecule has 0 aliphatic rings. The number of hydrogen-bond donors (Lipinski definition) is 0. The summed E-state index contributed by atoms with van der Waals surface area (Å²) < 4.78 is 13.6. The Bertz CT molecular complexity index is 1320. The van der Waals surface area contributed by atoms with Crippen molar-refractivity contribution in [2.75, 3.05) is 25.2 Å². The van der Waals surface area contributed by atoms with E-state index in [1.165, 1.54) is 0 Å². The summed E-state index contributed by atoms with van der Waals surface area (Å²) in [5.41, 5.74) is 4.87. The number of ether oxygens (including phenoxy) is 2. The van der Waals surface area contributed by atoms with Gasteiger partial charge in [-0.3, -0.25) is 0 Å². The highest BCUT2D eigenvalue weighted by molar-refractivity contribution is 6.33. The Morgan fingerprint density at radius 3 is 2.36 bits per heavy atom. The summed E-state index contributed by atoms with van der Waals surface area (Å²) in [5, 5.41) is 12.0. The summed E-state index contributed by atoms with van der Waals surface area (Å²) in [4.78, 5) is 2.11. The third-order valence-electron chi connectivity index (χ3n) is 5.94. The molecule has 2 aromatic heterocycles. The van der Waals surface area contributed by atoms with Gasteiger partial charge in [-0.1, -0.05) is 23.7 Å². The topological polar surface area (TPSA) is 52.4 Å². The van der Waals surface area contributed by atoms with Crippen molar-refractivity contribution in [1.82, 2.24) is 14.8 Å². The van der Waals surface area contributed by atoms with Crippen molar-refractivity contribution < 1.29 is 9.47 Å². The Hall–Kier alpha value is -3.25. The van der Waals surface area contributed by atoms with Crippen molar-refractivity contribution in [3.63, 3.8) is 0 Å². The molecule has 4 aromatic rings. The second-order valence-electron chi connectivity index (χ2n) is 7.83. The van der Waals surface area contributed by atoms with Crippen molar-refractivity contribution in [2.24, 2.45) is 0 Å². The lowest BCUT2D eigenvalue weighted by molar-refractivity contribution is 0.336. The molecule has 0 radical (unpaired) electrons. The van der Waals surface area contributed by atoms with Gasteiger partial charge < -0.3 is 18.9 Å². The monoisotopic (exact) mass is 464 g/mol. The maximum absolute atomic E-state index is 6.56. The molecule has 0 aliphatic carbocycles. The third-order valence-corrected chi connectivity index (χ3v) is 6.26. The molecule has 0 bridgehead atoms. The average molecular weight is 465 g/mol. The van der Waals surface area contributed by atoms with Gasteiger partial charge >= 0.3 is 0 Å². The number of anilines is 2. The number of rotatable bonds is 7. The molecule has 33 heavy (non-hydrogen) atoms. The molecule has 0 unspecified atom stereocenters. The second kappa shape index (κ2) is 9.32. The zero-order valence-electron chi connectivity index (χ0n) is 19.9. The van der Waals surface area contributed by atoms with E-state index < -0.39 is 0 Å². The van der Waals surface area contributed by atoms with Crippen LogP contribution in [0.4, 0.5) is 11.5 Å². The quantitative estimate of drug-likeness (QED) is 0.310. The van der Waals surface area contributed by atoms with Gasteiger partial charge in [0, 0.05) is 34.8 Å². The van der Waals surface area contributed by atoms with Crippen molar-refractivity contribution in [1.29, 1.82) is 0 Å². The first-order valence-electron chi connectivity index (χ1n) is 11.1. The zero-order valence-corrected chi connectivity index (χ0v) is 20.7. The number of aromatic nitrogens is 3. The number of benzene rings is 2. The highest BCUT2D eigenvalue weighted by Crippen LogP contribution is 2.41. The van der Waals surface area contributed by atoms with Gasteiger partial charge in [0.2, 0.25) is 0 Å². The van der Waals surface area contributed by atoms with Gasteiger partial charge in [-0.2, -0.15) is 5.10 Å². The van der Waals surface area contributed by atoms with Gasteiger partial charge in [-0.05, 0) is 58.9 Å². The highest BCUT2D eigenvalue weighted by atomic mass is 35.5. The summed E-state index contributed by atoms with van der Waals surface area (Å²) in [7, 11) is 1.68. The van der Waals surface area contributed by atoms with E-state index in [0.29, 0.717) is 18.2 Å². The smallest absolute Gasteiger partial charge is 0.165 e. The standard InChI is InChI=1S/C26H29ClN4O2/c1-7-30(21-12-10-9-11-20(21)27)26-25-18(5)31(17(4)24(25)16(3)28-29-26)22-14-13-19(33-8-2)15-23(22)32-6/h9-15H,7-8H2,1-6H3. The van der Waals surface area contributed by atoms with Crippen LogP contribution in [0.5, 0.6) is 11.5 Å². The summed E-state index contributed by atoms with van der Waals surface area (Å²) in [6.45, 7) is 11.6. The fourth-order valence-corrected chi connectivity index (χ4v) is 4.77. The highest BCUT2D eigenvalue weighted by Gasteiger charge is 2.24. The van der Waals surface area contributed by atoms with Gasteiger partial charge in [0.1, 0.15) is 11.5 Å². The number of fused-ring (bicyclic) bond motifs is 1. The molecule has 0 fully saturated rings. The molecular formula is C26H29ClN4O2. The fraction of sp³-hybridized carbons (Fsp3) is 0.308. The molecule has 0 aliphatic heterocycles. The minimum Gasteiger partial charge on any atom is -0.494 e. The summed E-state index contributed by atoms with van der Waals surface area (Å²) in [5.74, 6) is 2.31. The number of nitrogens with zero attached hydrogens (tertiary/aromatic N) is 4. The first kappa shape index (κ1) is 22.9. The van der Waals surface area contributed by atoms with Gasteiger partial charge in [-0.15, -0.1) is 5.10 Å². The van der Waals surface area contributed by atoms with Crippen molar-refractivity contribution in [3.05, 3.63) is 64.6 Å². The largest absolute Gasteiger partial charge is 0.494 e. The van der Waals surface area contributed by atoms with Gasteiger partial charge in [0.25, 0.3) is 0 Å². The minimum absolute atomic E-state index is 0.600. The van der Waals surface area contributed by atoms with Crippen molar-refractivity contribution >= 4 is 33.9 Å². The molecule has 172 valence electrons. The molecular weight excluding hydrogens is 436 g/mol. The molecule has 4 rings (SSSR count). The molecule has 0 N–H and O–H groups in total. The molecule has 0 saturated carbocycles. The van der Waals surface area contributed by atoms with Crippen LogP contribution >= 0.6 is 11.6 Å². The number of methoxy groups -OCH3 is 1. The van der Waals surface area contributed by atoms with E-state index in [4.69, 9.17) is 21.1 Å². The van der Waals surface area contributed by atoms with Crippen LogP contribution in [0.1, 0.15) is 30.9 Å². The maximum Gasteiger partial charge on any atom is 0.165 e. The second-order valence-corrected chi connectivity index (χ2v) is 8.23. The molecule has 0 spiro atoms. The predicted octanol–water partition coefficient (Wildman–Crippen LogP) is 6.56. The lowest BCUT2D eigenvalue weighted by Gasteiger charge is -2.24. The first-order valence-corrected chi connectivity index (χ1v) is 11.5. The number of halogens is 1. The average Bonchev–Trinajstić information content (AvgIpc) is 3.08. The van der Waals surface area contributed by atoms with E-state index in [9.17, 15) is 0 Å². The van der Waals surface area contributed by atoms with Gasteiger partial charge in [0.15, 0.2) is 5.82 Å². The molecule has 0 atom stereocenters. The maximum atomic E-state index is 6.56. The Morgan fingerprint density at radius 2 is 1.70 bits per heavy atom. The van der Waals surface area contributed by atoms with Gasteiger partial charge in [-0.25, -0.2) is 0 Å². The van der Waals surface area contributed by atoms with Crippen LogP contribution in [0.2, 0.25) is 5.02 Å². The van der Waals surface area contributed by atoms with Crippen LogP contribution in [0.25, 0.3) is 16.5 Å². The third kappa shape index (κ3) is 3.89. The molecule has 2 aromatic carbocycles. The fourth-order valence-electron chi connectivity index (χ4n) is 4.53. The summed E-state index contributed by atoms with van der Waals surface area (Å²) in [6, 6.07) is 13.7. The predicted molar refractivity (Wildman–Crippen MR) is 135 cm³/mol. The van der Waals surface area contributed by atoms with E-state index in [-0.39, 0.29) is 0 Å². The Kier molecular flexibility index (Phi) is 6.47. The Labute approximate surface area is 199 Å². The normalized spacial score (nSPS) is 11.1. The van der Waals surface area contributed by atoms with Crippen LogP contribution in [0, 0.1) is 20.8 Å². The van der Waals surface area contributed by atoms with Crippen LogP contribution in [-0.2, 0) is 0 Å². The number of para-hydroxylation sites is 1. The first-order chi connectivity index (χ1) is 15.9. The van der Waals surface area contributed by atoms with Crippen LogP contribution in [-0.4, -0.2) is 35.0 Å². The van der Waals surface area contributed by atoms with E-state index in [1.54, 1.807) is 7.11 Å². The number of aryl methyl sites for hydroxylation is 3. The molecule has 0 saturated heterocycles. The lowest BCUT2D eigenvalue weighted by atomic mass is 10.1. The van der Waals surface area contributed by atoms with Crippen LogP contribution < -0.4 is 14.4 Å². The Morgan fingerprint density at radius 1 is 0.970 bits per heavy atom. The minimum atomic E-state index is 0.600. The molecule has 2 heterocycles. The Balaban J connectivity index is 2.00. The van der Waals surface area contributed by atoms with Crippen LogP contribution in [0.15, 0.2) is 42.5 Å². The SMILES string of the molecule is CCOc1ccc(-n2c(C)c3c(C)nnc(N(CC)c4ccccc4Cl)c3c2C)c(OC)c1. The number of hydrogen-bond acceptors (Lipinski definition) is 5. The van der Waals surface area contributed by atoms with Crippen molar-refractivity contribution in [3.8, 4) is 17.2 Å². The zero-order chi connectivity index (χ0) is 23.7. The lowest BCUT2D eigenvalue weighted by Crippen LogP contribution is -2.19. The van der Waals surface area contributed by atoms with Crippen LogP contribution in [0.3, 0.4) is 0 Å². The molecule has 7 heteroatoms.